The molecular weight excluding hydrogens is 160 g/mol. The number of carbonyl (C=O) groups is 2. The van der Waals surface area contributed by atoms with Gasteiger partial charge in [-0.2, -0.15) is 0 Å². The fourth-order valence-electron chi connectivity index (χ4n) is 0.822. The Kier molecular flexibility index (Phi) is 5.28. The number of rotatable bonds is 6. The van der Waals surface area contributed by atoms with Crippen LogP contribution < -0.4 is 0 Å². The Balaban J connectivity index is 3.85. The average molecular weight is 174 g/mol. The van der Waals surface area contributed by atoms with Crippen LogP contribution in [0.25, 0.3) is 0 Å². The van der Waals surface area contributed by atoms with Crippen LogP contribution in [0.15, 0.2) is 0 Å². The predicted octanol–water partition coefficient (Wildman–Crippen LogP) is 0.701. The molecule has 12 heavy (non-hydrogen) atoms. The maximum atomic E-state index is 10.3. The summed E-state index contributed by atoms with van der Waals surface area (Å²) in [6.07, 6.45) is 0.204. The van der Waals surface area contributed by atoms with Crippen molar-refractivity contribution in [2.45, 2.75) is 26.4 Å². The lowest BCUT2D eigenvalue weighted by Gasteiger charge is -2.17. The van der Waals surface area contributed by atoms with Crippen LogP contribution in [0.5, 0.6) is 0 Å². The summed E-state index contributed by atoms with van der Waals surface area (Å²) >= 11 is 0. The molecule has 0 aliphatic heterocycles. The highest BCUT2D eigenvalue weighted by atomic mass is 16.5. The van der Waals surface area contributed by atoms with Crippen molar-refractivity contribution in [1.82, 2.24) is 0 Å². The fourth-order valence-corrected chi connectivity index (χ4v) is 0.822. The van der Waals surface area contributed by atoms with Crippen molar-refractivity contribution in [1.29, 1.82) is 0 Å². The average Bonchev–Trinajstić information content (AvgIpc) is 1.96. The zero-order chi connectivity index (χ0) is 9.56. The van der Waals surface area contributed by atoms with Gasteiger partial charge in [-0.25, -0.2) is 0 Å². The number of carboxylic acids is 1. The molecule has 0 aromatic carbocycles. The maximum absolute atomic E-state index is 10.3. The van der Waals surface area contributed by atoms with Gasteiger partial charge < -0.3 is 14.6 Å². The Morgan fingerprint density at radius 2 is 2.17 bits per heavy atom. The first-order chi connectivity index (χ1) is 5.57. The first kappa shape index (κ1) is 11.1. The highest BCUT2D eigenvalue weighted by molar-refractivity contribution is 5.67. The van der Waals surface area contributed by atoms with Crippen molar-refractivity contribution in [2.75, 3.05) is 6.61 Å². The third kappa shape index (κ3) is 4.85. The van der Waals surface area contributed by atoms with Crippen LogP contribution in [0.1, 0.15) is 20.3 Å². The summed E-state index contributed by atoms with van der Waals surface area (Å²) in [5.41, 5.74) is 0. The van der Waals surface area contributed by atoms with Crippen LogP contribution in [0.4, 0.5) is 0 Å². The SMILES string of the molecule is CC(C)C(CC(=O)O)OCC=O. The van der Waals surface area contributed by atoms with E-state index in [0.717, 1.165) is 0 Å². The van der Waals surface area contributed by atoms with E-state index in [2.05, 4.69) is 0 Å². The molecule has 0 aromatic rings. The highest BCUT2D eigenvalue weighted by Crippen LogP contribution is 2.10. The van der Waals surface area contributed by atoms with Crippen molar-refractivity contribution >= 4 is 12.3 Å². The van der Waals surface area contributed by atoms with E-state index in [1.165, 1.54) is 0 Å². The number of hydrogen-bond acceptors (Lipinski definition) is 3. The second-order valence-corrected chi connectivity index (χ2v) is 2.88. The lowest BCUT2D eigenvalue weighted by Crippen LogP contribution is -2.24. The molecule has 0 amide bonds. The number of carbonyl (C=O) groups excluding carboxylic acids is 1. The molecule has 0 saturated heterocycles. The van der Waals surface area contributed by atoms with Crippen molar-refractivity contribution in [3.8, 4) is 0 Å². The number of hydrogen-bond donors (Lipinski definition) is 1. The monoisotopic (exact) mass is 174 g/mol. The summed E-state index contributed by atoms with van der Waals surface area (Å²) < 4.78 is 5.01. The van der Waals surface area contributed by atoms with Gasteiger partial charge in [0, 0.05) is 0 Å². The van der Waals surface area contributed by atoms with E-state index in [0.29, 0.717) is 6.29 Å². The first-order valence-corrected chi connectivity index (χ1v) is 3.85. The Morgan fingerprint density at radius 1 is 1.58 bits per heavy atom. The van der Waals surface area contributed by atoms with Crippen LogP contribution in [0.2, 0.25) is 0 Å². The van der Waals surface area contributed by atoms with Crippen molar-refractivity contribution < 1.29 is 19.4 Å². The third-order valence-corrected chi connectivity index (χ3v) is 1.50. The number of aliphatic carboxylic acids is 1. The second kappa shape index (κ2) is 5.71. The van der Waals surface area contributed by atoms with Gasteiger partial charge in [-0.1, -0.05) is 13.8 Å². The van der Waals surface area contributed by atoms with Gasteiger partial charge in [-0.3, -0.25) is 4.79 Å². The number of carboxylic acid groups (broad SMARTS) is 1. The van der Waals surface area contributed by atoms with Crippen LogP contribution in [-0.4, -0.2) is 30.1 Å². The molecule has 70 valence electrons. The molecule has 1 N–H and O–H groups in total. The summed E-state index contributed by atoms with van der Waals surface area (Å²) in [4.78, 5) is 20.3. The molecule has 0 fully saturated rings. The Hall–Kier alpha value is -0.900. The van der Waals surface area contributed by atoms with Crippen LogP contribution in [0, 0.1) is 5.92 Å². The van der Waals surface area contributed by atoms with Crippen LogP contribution >= 0.6 is 0 Å². The van der Waals surface area contributed by atoms with E-state index < -0.39 is 5.97 Å². The number of ether oxygens (including phenoxy) is 1. The van der Waals surface area contributed by atoms with Crippen molar-refractivity contribution in [3.05, 3.63) is 0 Å². The van der Waals surface area contributed by atoms with Crippen LogP contribution in [0.3, 0.4) is 0 Å². The lowest BCUT2D eigenvalue weighted by molar-refractivity contribution is -0.142. The van der Waals surface area contributed by atoms with Gasteiger partial charge in [0.25, 0.3) is 0 Å². The molecule has 0 saturated carbocycles. The van der Waals surface area contributed by atoms with E-state index in [-0.39, 0.29) is 25.0 Å². The van der Waals surface area contributed by atoms with Crippen LogP contribution in [-0.2, 0) is 14.3 Å². The lowest BCUT2D eigenvalue weighted by atomic mass is 10.0. The summed E-state index contributed by atoms with van der Waals surface area (Å²) in [5, 5.41) is 8.46. The smallest absolute Gasteiger partial charge is 0.305 e. The van der Waals surface area contributed by atoms with Gasteiger partial charge in [-0.15, -0.1) is 0 Å². The van der Waals surface area contributed by atoms with E-state index in [1.807, 2.05) is 13.8 Å². The van der Waals surface area contributed by atoms with Gasteiger partial charge in [0.2, 0.25) is 0 Å². The number of aldehydes is 1. The van der Waals surface area contributed by atoms with Crippen molar-refractivity contribution in [3.63, 3.8) is 0 Å². The van der Waals surface area contributed by atoms with E-state index >= 15 is 0 Å². The molecule has 0 radical (unpaired) electrons. The largest absolute Gasteiger partial charge is 0.481 e. The molecular formula is C8H14O4. The Labute approximate surface area is 71.5 Å². The van der Waals surface area contributed by atoms with Gasteiger partial charge in [0.05, 0.1) is 12.5 Å². The Morgan fingerprint density at radius 3 is 2.50 bits per heavy atom. The minimum Gasteiger partial charge on any atom is -0.481 e. The molecule has 0 spiro atoms. The summed E-state index contributed by atoms with van der Waals surface area (Å²) in [6.45, 7) is 3.69. The second-order valence-electron chi connectivity index (χ2n) is 2.88. The van der Waals surface area contributed by atoms with E-state index in [4.69, 9.17) is 9.84 Å². The predicted molar refractivity (Wildman–Crippen MR) is 42.9 cm³/mol. The first-order valence-electron chi connectivity index (χ1n) is 3.85. The molecule has 0 aromatic heterocycles. The van der Waals surface area contributed by atoms with Gasteiger partial charge in [0.1, 0.15) is 12.9 Å². The van der Waals surface area contributed by atoms with Gasteiger partial charge in [-0.05, 0) is 5.92 Å². The van der Waals surface area contributed by atoms with Gasteiger partial charge in [0.15, 0.2) is 0 Å². The standard InChI is InChI=1S/C8H14O4/c1-6(2)7(5-8(10)11)12-4-3-9/h3,6-7H,4-5H2,1-2H3,(H,10,11). The fraction of sp³-hybridized carbons (Fsp3) is 0.750. The minimum atomic E-state index is -0.903. The molecule has 4 heteroatoms. The topological polar surface area (TPSA) is 63.6 Å². The summed E-state index contributed by atoms with van der Waals surface area (Å²) in [6, 6.07) is 0. The quantitative estimate of drug-likeness (QED) is 0.602. The molecule has 0 bridgehead atoms. The van der Waals surface area contributed by atoms with Gasteiger partial charge >= 0.3 is 5.97 Å². The normalized spacial score (nSPS) is 12.9. The third-order valence-electron chi connectivity index (χ3n) is 1.50. The molecule has 0 rings (SSSR count). The minimum absolute atomic E-state index is 0.0316. The van der Waals surface area contributed by atoms with E-state index in [1.54, 1.807) is 0 Å². The Bertz CT molecular complexity index is 153. The molecule has 0 aliphatic rings. The van der Waals surface area contributed by atoms with Crippen molar-refractivity contribution in [2.24, 2.45) is 5.92 Å². The molecule has 1 unspecified atom stereocenters. The molecule has 0 heterocycles. The van der Waals surface area contributed by atoms with E-state index in [9.17, 15) is 9.59 Å². The molecule has 0 aliphatic carbocycles. The summed E-state index contributed by atoms with van der Waals surface area (Å²) in [5.74, 6) is -0.791. The molecule has 1 atom stereocenters. The maximum Gasteiger partial charge on any atom is 0.305 e. The highest BCUT2D eigenvalue weighted by Gasteiger charge is 2.16. The zero-order valence-electron chi connectivity index (χ0n) is 7.32. The molecule has 4 nitrogen and oxygen atoms in total. The zero-order valence-corrected chi connectivity index (χ0v) is 7.32. The summed E-state index contributed by atoms with van der Waals surface area (Å²) in [7, 11) is 0.